The Bertz CT molecular complexity index is 341. The Kier molecular flexibility index (Phi) is 2.52. The first-order valence-electron chi connectivity index (χ1n) is 5.16. The van der Waals surface area contributed by atoms with Crippen molar-refractivity contribution in [3.8, 4) is 0 Å². The van der Waals surface area contributed by atoms with Gasteiger partial charge in [-0.15, -0.1) is 0 Å². The molecule has 4 nitrogen and oxygen atoms in total. The summed E-state index contributed by atoms with van der Waals surface area (Å²) < 4.78 is 0. The average Bonchev–Trinajstić information content (AvgIpc) is 2.75. The molecule has 1 fully saturated rings. The van der Waals surface area contributed by atoms with Gasteiger partial charge in [0.15, 0.2) is 0 Å². The molecule has 0 radical (unpaired) electrons. The van der Waals surface area contributed by atoms with Crippen LogP contribution in [0.1, 0.15) is 18.4 Å². The monoisotopic (exact) mass is 208 g/mol. The molecule has 0 spiro atoms. The van der Waals surface area contributed by atoms with Crippen molar-refractivity contribution < 1.29 is 9.90 Å². The highest BCUT2D eigenvalue weighted by Gasteiger charge is 2.50. The van der Waals surface area contributed by atoms with Crippen LogP contribution in [0.4, 0.5) is 0 Å². The van der Waals surface area contributed by atoms with E-state index in [9.17, 15) is 4.79 Å². The van der Waals surface area contributed by atoms with E-state index in [1.807, 2.05) is 25.5 Å². The fourth-order valence-corrected chi connectivity index (χ4v) is 1.93. The molecule has 1 heterocycles. The largest absolute Gasteiger partial charge is 0.481 e. The van der Waals surface area contributed by atoms with Gasteiger partial charge in [0.05, 0.1) is 5.41 Å². The summed E-state index contributed by atoms with van der Waals surface area (Å²) in [6.45, 7) is 1.45. The molecule has 4 heteroatoms. The van der Waals surface area contributed by atoms with E-state index in [0.29, 0.717) is 6.54 Å². The lowest BCUT2D eigenvalue weighted by atomic mass is 10.1. The van der Waals surface area contributed by atoms with Crippen LogP contribution in [0.25, 0.3) is 0 Å². The lowest BCUT2D eigenvalue weighted by Gasteiger charge is -2.20. The van der Waals surface area contributed by atoms with Gasteiger partial charge in [-0.1, -0.05) is 0 Å². The highest BCUT2D eigenvalue weighted by Crippen LogP contribution is 2.46. The van der Waals surface area contributed by atoms with Crippen LogP contribution in [0.5, 0.6) is 0 Å². The SMILES string of the molecule is CN(Cc1cc[nH]c1)CC1(C(=O)O)CC1. The number of nitrogens with zero attached hydrogens (tertiary/aromatic N) is 1. The molecule has 2 N–H and O–H groups in total. The van der Waals surface area contributed by atoms with E-state index in [-0.39, 0.29) is 0 Å². The number of hydrogen-bond acceptors (Lipinski definition) is 2. The number of aromatic amines is 1. The van der Waals surface area contributed by atoms with Crippen molar-refractivity contribution in [3.05, 3.63) is 24.0 Å². The molecule has 1 aromatic rings. The van der Waals surface area contributed by atoms with Crippen molar-refractivity contribution >= 4 is 5.97 Å². The van der Waals surface area contributed by atoms with Gasteiger partial charge in [-0.25, -0.2) is 0 Å². The van der Waals surface area contributed by atoms with Gasteiger partial charge in [-0.3, -0.25) is 4.79 Å². The molecular formula is C11H16N2O2. The highest BCUT2D eigenvalue weighted by molar-refractivity contribution is 5.78. The van der Waals surface area contributed by atoms with Crippen molar-refractivity contribution in [1.82, 2.24) is 9.88 Å². The maximum absolute atomic E-state index is 11.0. The fourth-order valence-electron chi connectivity index (χ4n) is 1.93. The second kappa shape index (κ2) is 3.70. The molecule has 82 valence electrons. The van der Waals surface area contributed by atoms with Crippen LogP contribution in [0.15, 0.2) is 18.5 Å². The van der Waals surface area contributed by atoms with Crippen LogP contribution >= 0.6 is 0 Å². The van der Waals surface area contributed by atoms with Crippen LogP contribution in [-0.2, 0) is 11.3 Å². The second-order valence-electron chi connectivity index (χ2n) is 4.48. The summed E-state index contributed by atoms with van der Waals surface area (Å²) in [6, 6.07) is 2.01. The summed E-state index contributed by atoms with van der Waals surface area (Å²) in [6.07, 6.45) is 5.46. The van der Waals surface area contributed by atoms with E-state index in [0.717, 1.165) is 19.4 Å². The van der Waals surface area contributed by atoms with Crippen LogP contribution in [0.2, 0.25) is 0 Å². The van der Waals surface area contributed by atoms with Crippen LogP contribution in [-0.4, -0.2) is 34.6 Å². The van der Waals surface area contributed by atoms with E-state index in [1.54, 1.807) is 0 Å². The van der Waals surface area contributed by atoms with E-state index in [2.05, 4.69) is 9.88 Å². The van der Waals surface area contributed by atoms with Crippen LogP contribution in [0, 0.1) is 5.41 Å². The molecule has 15 heavy (non-hydrogen) atoms. The Morgan fingerprint density at radius 2 is 2.40 bits per heavy atom. The molecular weight excluding hydrogens is 192 g/mol. The third-order valence-electron chi connectivity index (χ3n) is 2.99. The Labute approximate surface area is 88.9 Å². The lowest BCUT2D eigenvalue weighted by molar-refractivity contribution is -0.144. The molecule has 0 aromatic carbocycles. The zero-order valence-corrected chi connectivity index (χ0v) is 8.86. The normalized spacial score (nSPS) is 18.0. The summed E-state index contributed by atoms with van der Waals surface area (Å²) in [7, 11) is 1.97. The van der Waals surface area contributed by atoms with Crippen LogP contribution in [0.3, 0.4) is 0 Å². The first kappa shape index (κ1) is 10.2. The molecule has 0 saturated heterocycles. The van der Waals surface area contributed by atoms with Gasteiger partial charge in [0.2, 0.25) is 0 Å². The van der Waals surface area contributed by atoms with Crippen molar-refractivity contribution in [2.45, 2.75) is 19.4 Å². The fraction of sp³-hybridized carbons (Fsp3) is 0.545. The summed E-state index contributed by atoms with van der Waals surface area (Å²) in [4.78, 5) is 16.1. The minimum absolute atomic E-state index is 0.453. The third kappa shape index (κ3) is 2.21. The number of carboxylic acids is 1. The van der Waals surface area contributed by atoms with Gasteiger partial charge >= 0.3 is 5.97 Å². The van der Waals surface area contributed by atoms with Gasteiger partial charge < -0.3 is 15.0 Å². The second-order valence-corrected chi connectivity index (χ2v) is 4.48. The Morgan fingerprint density at radius 3 is 2.87 bits per heavy atom. The average molecular weight is 208 g/mol. The Balaban J connectivity index is 1.88. The number of hydrogen-bond donors (Lipinski definition) is 2. The molecule has 1 aliphatic rings. The van der Waals surface area contributed by atoms with E-state index < -0.39 is 11.4 Å². The first-order chi connectivity index (χ1) is 7.12. The predicted octanol–water partition coefficient (Wildman–Crippen LogP) is 1.31. The van der Waals surface area contributed by atoms with Crippen molar-refractivity contribution in [1.29, 1.82) is 0 Å². The molecule has 1 aliphatic carbocycles. The van der Waals surface area contributed by atoms with Gasteiger partial charge in [-0.2, -0.15) is 0 Å². The quantitative estimate of drug-likeness (QED) is 0.767. The van der Waals surface area contributed by atoms with Gasteiger partial charge in [0.25, 0.3) is 0 Å². The first-order valence-corrected chi connectivity index (χ1v) is 5.16. The molecule has 1 saturated carbocycles. The highest BCUT2D eigenvalue weighted by atomic mass is 16.4. The predicted molar refractivity (Wildman–Crippen MR) is 56.4 cm³/mol. The number of carboxylic acid groups (broad SMARTS) is 1. The number of aliphatic carboxylic acids is 1. The number of H-pyrrole nitrogens is 1. The molecule has 0 bridgehead atoms. The van der Waals surface area contributed by atoms with E-state index in [1.165, 1.54) is 5.56 Å². The van der Waals surface area contributed by atoms with Gasteiger partial charge in [0.1, 0.15) is 0 Å². The van der Waals surface area contributed by atoms with Crippen molar-refractivity contribution in [2.75, 3.05) is 13.6 Å². The Morgan fingerprint density at radius 1 is 1.67 bits per heavy atom. The summed E-state index contributed by atoms with van der Waals surface area (Å²) in [5.74, 6) is -0.650. The van der Waals surface area contributed by atoms with E-state index >= 15 is 0 Å². The number of rotatable bonds is 5. The summed E-state index contributed by atoms with van der Waals surface area (Å²) in [5, 5.41) is 9.05. The van der Waals surface area contributed by atoms with E-state index in [4.69, 9.17) is 5.11 Å². The molecule has 0 atom stereocenters. The third-order valence-corrected chi connectivity index (χ3v) is 2.99. The standard InChI is InChI=1S/C11H16N2O2/c1-13(7-9-2-5-12-6-9)8-11(3-4-11)10(14)15/h2,5-6,12H,3-4,7-8H2,1H3,(H,14,15). The Hall–Kier alpha value is -1.29. The molecule has 2 rings (SSSR count). The summed E-state index contributed by atoms with van der Waals surface area (Å²) >= 11 is 0. The topological polar surface area (TPSA) is 56.3 Å². The summed E-state index contributed by atoms with van der Waals surface area (Å²) in [5.41, 5.74) is 0.740. The zero-order chi connectivity index (χ0) is 10.9. The van der Waals surface area contributed by atoms with Gasteiger partial charge in [-0.05, 0) is 31.5 Å². The smallest absolute Gasteiger partial charge is 0.310 e. The maximum Gasteiger partial charge on any atom is 0.310 e. The number of nitrogens with one attached hydrogen (secondary N) is 1. The number of aromatic nitrogens is 1. The van der Waals surface area contributed by atoms with Crippen molar-refractivity contribution in [3.63, 3.8) is 0 Å². The molecule has 0 amide bonds. The molecule has 0 aliphatic heterocycles. The zero-order valence-electron chi connectivity index (χ0n) is 8.86. The minimum atomic E-state index is -0.650. The van der Waals surface area contributed by atoms with Gasteiger partial charge in [0, 0.05) is 25.5 Å². The number of carbonyl (C=O) groups is 1. The minimum Gasteiger partial charge on any atom is -0.481 e. The lowest BCUT2D eigenvalue weighted by Crippen LogP contribution is -2.31. The molecule has 0 unspecified atom stereocenters. The maximum atomic E-state index is 11.0. The van der Waals surface area contributed by atoms with Crippen LogP contribution < -0.4 is 0 Å². The van der Waals surface area contributed by atoms with Crippen molar-refractivity contribution in [2.24, 2.45) is 5.41 Å². The molecule has 1 aromatic heterocycles.